The first-order valence-corrected chi connectivity index (χ1v) is 12.3. The van der Waals surface area contributed by atoms with Crippen molar-refractivity contribution in [2.24, 2.45) is 0 Å². The molecule has 0 atom stereocenters. The summed E-state index contributed by atoms with van der Waals surface area (Å²) in [4.78, 5) is 18.4. The first-order chi connectivity index (χ1) is 13.8. The predicted molar refractivity (Wildman–Crippen MR) is 117 cm³/mol. The first-order valence-electron chi connectivity index (χ1n) is 9.71. The van der Waals surface area contributed by atoms with E-state index in [-0.39, 0.29) is 10.8 Å². The molecule has 1 aromatic heterocycles. The normalized spacial score (nSPS) is 15.8. The van der Waals surface area contributed by atoms with E-state index < -0.39 is 10.0 Å². The van der Waals surface area contributed by atoms with Gasteiger partial charge in [-0.25, -0.2) is 8.42 Å². The van der Waals surface area contributed by atoms with Crippen LogP contribution in [0.3, 0.4) is 0 Å². The summed E-state index contributed by atoms with van der Waals surface area (Å²) in [6, 6.07) is 10.2. The zero-order valence-corrected chi connectivity index (χ0v) is 19.1. The average Bonchev–Trinajstić information content (AvgIpc) is 3.13. The second-order valence-electron chi connectivity index (χ2n) is 6.89. The fraction of sp³-hybridized carbons (Fsp3) is 0.450. The SMILES string of the molecule is CCN(CC)S(=O)(=O)c1ccc(C(=O)N2CCN(Cc3ccc(Cl)s3)CC2)cc1. The number of amides is 1. The van der Waals surface area contributed by atoms with Crippen molar-refractivity contribution < 1.29 is 13.2 Å². The van der Waals surface area contributed by atoms with Gasteiger partial charge < -0.3 is 4.90 Å². The maximum atomic E-state index is 12.8. The Bertz CT molecular complexity index is 932. The Kier molecular flexibility index (Phi) is 7.34. The summed E-state index contributed by atoms with van der Waals surface area (Å²) in [6.07, 6.45) is 0. The van der Waals surface area contributed by atoms with E-state index >= 15 is 0 Å². The number of halogens is 1. The molecule has 1 fully saturated rings. The highest BCUT2D eigenvalue weighted by molar-refractivity contribution is 7.89. The summed E-state index contributed by atoms with van der Waals surface area (Å²) < 4.78 is 27.4. The lowest BCUT2D eigenvalue weighted by molar-refractivity contribution is 0.0629. The summed E-state index contributed by atoms with van der Waals surface area (Å²) in [7, 11) is -3.51. The van der Waals surface area contributed by atoms with Crippen LogP contribution in [0.2, 0.25) is 4.34 Å². The molecule has 6 nitrogen and oxygen atoms in total. The van der Waals surface area contributed by atoms with E-state index in [9.17, 15) is 13.2 Å². The van der Waals surface area contributed by atoms with Crippen LogP contribution in [0.15, 0.2) is 41.3 Å². The Morgan fingerprint density at radius 1 is 1.03 bits per heavy atom. The first kappa shape index (κ1) is 22.2. The minimum absolute atomic E-state index is 0.0596. The van der Waals surface area contributed by atoms with Gasteiger partial charge in [0.1, 0.15) is 0 Å². The van der Waals surface area contributed by atoms with Crippen LogP contribution in [0.5, 0.6) is 0 Å². The van der Waals surface area contributed by atoms with E-state index in [1.165, 1.54) is 21.3 Å². The van der Waals surface area contributed by atoms with E-state index in [2.05, 4.69) is 4.90 Å². The van der Waals surface area contributed by atoms with Gasteiger partial charge in [0.15, 0.2) is 0 Å². The Morgan fingerprint density at radius 3 is 2.17 bits per heavy atom. The van der Waals surface area contributed by atoms with E-state index in [4.69, 9.17) is 11.6 Å². The van der Waals surface area contributed by atoms with Crippen molar-refractivity contribution in [2.75, 3.05) is 39.3 Å². The maximum absolute atomic E-state index is 12.8. The fourth-order valence-corrected chi connectivity index (χ4v) is 6.02. The van der Waals surface area contributed by atoms with Gasteiger partial charge in [-0.2, -0.15) is 4.31 Å². The van der Waals surface area contributed by atoms with E-state index in [0.717, 1.165) is 24.0 Å². The molecule has 1 aromatic carbocycles. The molecule has 0 unspecified atom stereocenters. The summed E-state index contributed by atoms with van der Waals surface area (Å²) in [5.41, 5.74) is 0.516. The lowest BCUT2D eigenvalue weighted by atomic mass is 10.2. The highest BCUT2D eigenvalue weighted by Gasteiger charge is 2.24. The van der Waals surface area contributed by atoms with Gasteiger partial charge in [0.05, 0.1) is 9.23 Å². The van der Waals surface area contributed by atoms with Crippen molar-refractivity contribution in [1.29, 1.82) is 0 Å². The van der Waals surface area contributed by atoms with E-state index in [1.807, 2.05) is 30.9 Å². The molecule has 1 amide bonds. The molecule has 0 bridgehead atoms. The number of rotatable bonds is 7. The van der Waals surface area contributed by atoms with Crippen LogP contribution in [0.4, 0.5) is 0 Å². The number of hydrogen-bond donors (Lipinski definition) is 0. The number of piperazine rings is 1. The molecule has 3 rings (SSSR count). The molecule has 0 N–H and O–H groups in total. The summed E-state index contributed by atoms with van der Waals surface area (Å²) in [5, 5.41) is 0. The van der Waals surface area contributed by atoms with E-state index in [0.29, 0.717) is 31.7 Å². The van der Waals surface area contributed by atoms with Gasteiger partial charge in [-0.15, -0.1) is 11.3 Å². The van der Waals surface area contributed by atoms with Crippen LogP contribution in [0.1, 0.15) is 29.1 Å². The van der Waals surface area contributed by atoms with Gasteiger partial charge in [0, 0.05) is 56.3 Å². The van der Waals surface area contributed by atoms with Crippen LogP contribution in [-0.4, -0.2) is 67.7 Å². The van der Waals surface area contributed by atoms with Crippen molar-refractivity contribution in [3.8, 4) is 0 Å². The molecule has 0 radical (unpaired) electrons. The van der Waals surface area contributed by atoms with Gasteiger partial charge in [-0.3, -0.25) is 9.69 Å². The molecule has 1 saturated heterocycles. The highest BCUT2D eigenvalue weighted by atomic mass is 35.5. The van der Waals surface area contributed by atoms with Crippen molar-refractivity contribution in [3.05, 3.63) is 51.2 Å². The summed E-state index contributed by atoms with van der Waals surface area (Å²) in [6.45, 7) is 8.21. The van der Waals surface area contributed by atoms with Crippen molar-refractivity contribution in [2.45, 2.75) is 25.3 Å². The van der Waals surface area contributed by atoms with Gasteiger partial charge in [0.25, 0.3) is 5.91 Å². The second-order valence-corrected chi connectivity index (χ2v) is 10.6. The lowest BCUT2D eigenvalue weighted by Gasteiger charge is -2.34. The highest BCUT2D eigenvalue weighted by Crippen LogP contribution is 2.23. The topological polar surface area (TPSA) is 60.9 Å². The van der Waals surface area contributed by atoms with Crippen LogP contribution >= 0.6 is 22.9 Å². The van der Waals surface area contributed by atoms with Crippen LogP contribution in [-0.2, 0) is 16.6 Å². The Hall–Kier alpha value is -1.45. The molecule has 9 heteroatoms. The fourth-order valence-electron chi connectivity index (χ4n) is 3.43. The standard InChI is InChI=1S/C20H26ClN3O3S2/c1-3-24(4-2)29(26,27)18-8-5-16(6-9-18)20(25)23-13-11-22(12-14-23)15-17-7-10-19(21)28-17/h5-10H,3-4,11-15H2,1-2H3. The van der Waals surface area contributed by atoms with Crippen molar-refractivity contribution in [1.82, 2.24) is 14.1 Å². The Morgan fingerprint density at radius 2 is 1.66 bits per heavy atom. The second kappa shape index (κ2) is 9.57. The third-order valence-corrected chi connectivity index (χ3v) is 8.39. The quantitative estimate of drug-likeness (QED) is 0.642. The number of nitrogens with zero attached hydrogens (tertiary/aromatic N) is 3. The Labute approximate surface area is 181 Å². The number of hydrogen-bond acceptors (Lipinski definition) is 5. The smallest absolute Gasteiger partial charge is 0.253 e. The maximum Gasteiger partial charge on any atom is 0.253 e. The molecule has 2 aromatic rings. The van der Waals surface area contributed by atoms with Crippen molar-refractivity contribution >= 4 is 38.9 Å². The Balaban J connectivity index is 1.60. The monoisotopic (exact) mass is 455 g/mol. The summed E-state index contributed by atoms with van der Waals surface area (Å²) >= 11 is 7.57. The van der Waals surface area contributed by atoms with Gasteiger partial charge >= 0.3 is 0 Å². The number of benzene rings is 1. The largest absolute Gasteiger partial charge is 0.336 e. The molecular weight excluding hydrogens is 430 g/mol. The minimum atomic E-state index is -3.51. The van der Waals surface area contributed by atoms with Gasteiger partial charge in [-0.05, 0) is 36.4 Å². The molecule has 29 heavy (non-hydrogen) atoms. The molecular formula is C20H26ClN3O3S2. The number of carbonyl (C=O) groups is 1. The molecule has 1 aliphatic rings. The lowest BCUT2D eigenvalue weighted by Crippen LogP contribution is -2.48. The van der Waals surface area contributed by atoms with Crippen molar-refractivity contribution in [3.63, 3.8) is 0 Å². The molecule has 158 valence electrons. The van der Waals surface area contributed by atoms with Gasteiger partial charge in [0.2, 0.25) is 10.0 Å². The molecule has 2 heterocycles. The third kappa shape index (κ3) is 5.19. The number of sulfonamides is 1. The van der Waals surface area contributed by atoms with Crippen LogP contribution < -0.4 is 0 Å². The minimum Gasteiger partial charge on any atom is -0.336 e. The number of thiophene rings is 1. The van der Waals surface area contributed by atoms with Crippen LogP contribution in [0, 0.1) is 0 Å². The summed E-state index contributed by atoms with van der Waals surface area (Å²) in [5.74, 6) is -0.0596. The molecule has 0 saturated carbocycles. The zero-order valence-electron chi connectivity index (χ0n) is 16.7. The van der Waals surface area contributed by atoms with Gasteiger partial charge in [-0.1, -0.05) is 25.4 Å². The third-order valence-electron chi connectivity index (χ3n) is 5.11. The zero-order chi connectivity index (χ0) is 21.0. The average molecular weight is 456 g/mol. The predicted octanol–water partition coefficient (Wildman–Crippen LogP) is 3.39. The number of carbonyl (C=O) groups excluding carboxylic acids is 1. The molecule has 0 spiro atoms. The molecule has 0 aliphatic carbocycles. The van der Waals surface area contributed by atoms with Crippen LogP contribution in [0.25, 0.3) is 0 Å². The molecule has 1 aliphatic heterocycles. The van der Waals surface area contributed by atoms with E-state index in [1.54, 1.807) is 23.5 Å².